The molecule has 3 rings (SSSR count). The Hall–Kier alpha value is -2.34. The molecular weight excluding hydrogens is 356 g/mol. The lowest BCUT2D eigenvalue weighted by Crippen LogP contribution is -2.14. The van der Waals surface area contributed by atoms with E-state index in [0.717, 1.165) is 16.2 Å². The van der Waals surface area contributed by atoms with Crippen molar-refractivity contribution in [3.05, 3.63) is 41.3 Å². The van der Waals surface area contributed by atoms with Crippen molar-refractivity contribution in [2.75, 3.05) is 24.8 Å². The Bertz CT molecular complexity index is 926. The highest BCUT2D eigenvalue weighted by Gasteiger charge is 2.14. The lowest BCUT2D eigenvalue weighted by Gasteiger charge is -2.08. The van der Waals surface area contributed by atoms with Gasteiger partial charge in [-0.05, 0) is 23.6 Å². The first kappa shape index (κ1) is 17.5. The summed E-state index contributed by atoms with van der Waals surface area (Å²) < 4.78 is 7.23. The summed E-state index contributed by atoms with van der Waals surface area (Å²) in [7, 11) is 1.66. The van der Waals surface area contributed by atoms with Crippen molar-refractivity contribution in [3.8, 4) is 6.07 Å². The van der Waals surface area contributed by atoms with Crippen LogP contribution in [0.5, 0.6) is 0 Å². The van der Waals surface area contributed by atoms with Crippen LogP contribution in [0.1, 0.15) is 5.56 Å². The number of hydrogen-bond acceptors (Lipinski definition) is 6. The standard InChI is InChI=1S/C17H16N4O2S2/c1-23-8-7-21-14-5-3-2-4-13(14)19-17(21)25-11-15(22)20-16-12(10-18)6-9-24-16/h2-6,9H,7-8,11H2,1H3,(H,20,22). The number of amides is 1. The number of benzene rings is 1. The smallest absolute Gasteiger partial charge is 0.235 e. The third kappa shape index (κ3) is 4.02. The number of methoxy groups -OCH3 is 1. The van der Waals surface area contributed by atoms with E-state index in [-0.39, 0.29) is 11.7 Å². The summed E-state index contributed by atoms with van der Waals surface area (Å²) in [5, 5.41) is 14.9. The van der Waals surface area contributed by atoms with Gasteiger partial charge in [0.2, 0.25) is 5.91 Å². The van der Waals surface area contributed by atoms with E-state index in [1.54, 1.807) is 18.6 Å². The molecular formula is C17H16N4O2S2. The van der Waals surface area contributed by atoms with E-state index in [0.29, 0.717) is 23.7 Å². The van der Waals surface area contributed by atoms with Crippen LogP contribution in [0.3, 0.4) is 0 Å². The quantitative estimate of drug-likeness (QED) is 0.644. The number of thiophene rings is 1. The van der Waals surface area contributed by atoms with Gasteiger partial charge in [0.1, 0.15) is 11.1 Å². The molecule has 6 nitrogen and oxygen atoms in total. The van der Waals surface area contributed by atoms with Gasteiger partial charge in [0.05, 0.1) is 29.0 Å². The SMILES string of the molecule is COCCn1c(SCC(=O)Nc2sccc2C#N)nc2ccccc21. The molecule has 2 heterocycles. The number of ether oxygens (including phenoxy) is 1. The van der Waals surface area contributed by atoms with E-state index in [1.807, 2.05) is 24.3 Å². The monoisotopic (exact) mass is 372 g/mol. The van der Waals surface area contributed by atoms with E-state index in [9.17, 15) is 4.79 Å². The van der Waals surface area contributed by atoms with E-state index < -0.39 is 0 Å². The van der Waals surface area contributed by atoms with Crippen LogP contribution in [0.4, 0.5) is 5.00 Å². The van der Waals surface area contributed by atoms with Gasteiger partial charge in [-0.15, -0.1) is 11.3 Å². The summed E-state index contributed by atoms with van der Waals surface area (Å²) in [6.07, 6.45) is 0. The highest BCUT2D eigenvalue weighted by Crippen LogP contribution is 2.26. The summed E-state index contributed by atoms with van der Waals surface area (Å²) in [4.78, 5) is 16.8. The molecule has 0 bridgehead atoms. The van der Waals surface area contributed by atoms with Crippen LogP contribution in [0.25, 0.3) is 11.0 Å². The van der Waals surface area contributed by atoms with Crippen molar-refractivity contribution >= 4 is 45.0 Å². The van der Waals surface area contributed by atoms with Crippen LogP contribution in [0.15, 0.2) is 40.9 Å². The second kappa shape index (κ2) is 8.16. The van der Waals surface area contributed by atoms with E-state index in [4.69, 9.17) is 10.00 Å². The number of para-hydroxylation sites is 2. The third-order valence-corrected chi connectivity index (χ3v) is 5.32. The van der Waals surface area contributed by atoms with Crippen LogP contribution >= 0.6 is 23.1 Å². The summed E-state index contributed by atoms with van der Waals surface area (Å²) in [5.41, 5.74) is 2.40. The zero-order chi connectivity index (χ0) is 17.6. The normalized spacial score (nSPS) is 10.7. The van der Waals surface area contributed by atoms with Crippen molar-refractivity contribution in [2.24, 2.45) is 0 Å². The van der Waals surface area contributed by atoms with Gasteiger partial charge in [0, 0.05) is 13.7 Å². The summed E-state index contributed by atoms with van der Waals surface area (Å²) in [6, 6.07) is 11.6. The molecule has 0 unspecified atom stereocenters. The highest BCUT2D eigenvalue weighted by molar-refractivity contribution is 7.99. The predicted octanol–water partition coefficient (Wildman–Crippen LogP) is 3.35. The fourth-order valence-corrected chi connectivity index (χ4v) is 3.94. The van der Waals surface area contributed by atoms with E-state index >= 15 is 0 Å². The highest BCUT2D eigenvalue weighted by atomic mass is 32.2. The maximum Gasteiger partial charge on any atom is 0.235 e. The number of fused-ring (bicyclic) bond motifs is 1. The van der Waals surface area contributed by atoms with Gasteiger partial charge < -0.3 is 14.6 Å². The Labute approximate surface area is 153 Å². The molecule has 8 heteroatoms. The van der Waals surface area contributed by atoms with Gasteiger partial charge in [-0.2, -0.15) is 5.26 Å². The average Bonchev–Trinajstić information content (AvgIpc) is 3.21. The number of aromatic nitrogens is 2. The lowest BCUT2D eigenvalue weighted by molar-refractivity contribution is -0.113. The molecule has 3 aromatic rings. The van der Waals surface area contributed by atoms with Gasteiger partial charge in [-0.1, -0.05) is 23.9 Å². The van der Waals surface area contributed by atoms with Crippen LogP contribution in [-0.2, 0) is 16.1 Å². The molecule has 128 valence electrons. The second-order valence-electron chi connectivity index (χ2n) is 5.14. The maximum atomic E-state index is 12.2. The number of hydrogen-bond donors (Lipinski definition) is 1. The molecule has 0 aliphatic heterocycles. The molecule has 0 fully saturated rings. The van der Waals surface area contributed by atoms with Gasteiger partial charge in [0.15, 0.2) is 5.16 Å². The zero-order valence-electron chi connectivity index (χ0n) is 13.6. The van der Waals surface area contributed by atoms with E-state index in [1.165, 1.54) is 23.1 Å². The number of rotatable bonds is 7. The van der Waals surface area contributed by atoms with Gasteiger partial charge in [-0.3, -0.25) is 4.79 Å². The fraction of sp³-hybridized carbons (Fsp3) is 0.235. The summed E-state index contributed by atoms with van der Waals surface area (Å²) >= 11 is 2.71. The molecule has 0 saturated heterocycles. The second-order valence-corrected chi connectivity index (χ2v) is 7.00. The van der Waals surface area contributed by atoms with E-state index in [2.05, 4.69) is 20.9 Å². The fourth-order valence-electron chi connectivity index (χ4n) is 2.35. The molecule has 1 amide bonds. The summed E-state index contributed by atoms with van der Waals surface area (Å²) in [6.45, 7) is 1.24. The number of anilines is 1. The minimum atomic E-state index is -0.158. The predicted molar refractivity (Wildman–Crippen MR) is 100.0 cm³/mol. The van der Waals surface area contributed by atoms with Crippen LogP contribution in [0, 0.1) is 11.3 Å². The first-order valence-electron chi connectivity index (χ1n) is 7.57. The Morgan fingerprint density at radius 1 is 1.44 bits per heavy atom. The van der Waals surface area contributed by atoms with Crippen LogP contribution in [0.2, 0.25) is 0 Å². The number of carbonyl (C=O) groups excluding carboxylic acids is 1. The van der Waals surface area contributed by atoms with Crippen molar-refractivity contribution in [2.45, 2.75) is 11.7 Å². The Kier molecular flexibility index (Phi) is 5.71. The van der Waals surface area contributed by atoms with Gasteiger partial charge in [0.25, 0.3) is 0 Å². The average molecular weight is 372 g/mol. The van der Waals surface area contributed by atoms with Crippen LogP contribution in [-0.4, -0.2) is 34.9 Å². The van der Waals surface area contributed by atoms with Crippen molar-refractivity contribution < 1.29 is 9.53 Å². The zero-order valence-corrected chi connectivity index (χ0v) is 15.2. The molecule has 0 radical (unpaired) electrons. The minimum Gasteiger partial charge on any atom is -0.383 e. The number of nitrogens with zero attached hydrogens (tertiary/aromatic N) is 3. The molecule has 0 spiro atoms. The molecule has 1 N–H and O–H groups in total. The minimum absolute atomic E-state index is 0.158. The number of carbonyl (C=O) groups is 1. The largest absolute Gasteiger partial charge is 0.383 e. The van der Waals surface area contributed by atoms with Gasteiger partial charge in [-0.25, -0.2) is 4.98 Å². The molecule has 2 aromatic heterocycles. The number of nitriles is 1. The number of thioether (sulfide) groups is 1. The Morgan fingerprint density at radius 2 is 2.28 bits per heavy atom. The first-order valence-corrected chi connectivity index (χ1v) is 9.44. The van der Waals surface area contributed by atoms with Gasteiger partial charge >= 0.3 is 0 Å². The topological polar surface area (TPSA) is 79.9 Å². The van der Waals surface area contributed by atoms with Crippen LogP contribution < -0.4 is 5.32 Å². The first-order chi connectivity index (χ1) is 12.2. The molecule has 1 aromatic carbocycles. The number of imidazole rings is 1. The van der Waals surface area contributed by atoms with Crippen molar-refractivity contribution in [3.63, 3.8) is 0 Å². The van der Waals surface area contributed by atoms with Crippen molar-refractivity contribution in [1.29, 1.82) is 5.26 Å². The molecule has 0 saturated carbocycles. The Morgan fingerprint density at radius 3 is 3.08 bits per heavy atom. The molecule has 0 atom stereocenters. The third-order valence-electron chi connectivity index (χ3n) is 3.51. The Balaban J connectivity index is 1.72. The lowest BCUT2D eigenvalue weighted by atomic mass is 10.3. The number of nitrogens with one attached hydrogen (secondary N) is 1. The molecule has 0 aliphatic carbocycles. The molecule has 25 heavy (non-hydrogen) atoms. The summed E-state index contributed by atoms with van der Waals surface area (Å²) in [5.74, 6) is 0.0632. The molecule has 0 aliphatic rings. The van der Waals surface area contributed by atoms with Crippen molar-refractivity contribution in [1.82, 2.24) is 9.55 Å². The maximum absolute atomic E-state index is 12.2.